The fourth-order valence-electron chi connectivity index (χ4n) is 2.32. The van der Waals surface area contributed by atoms with Gasteiger partial charge in [-0.15, -0.1) is 0 Å². The predicted octanol–water partition coefficient (Wildman–Crippen LogP) is 2.82. The molecule has 0 fully saturated rings. The highest BCUT2D eigenvalue weighted by Gasteiger charge is 2.18. The van der Waals surface area contributed by atoms with Crippen molar-refractivity contribution in [2.45, 2.75) is 17.7 Å². The number of sulfone groups is 1. The summed E-state index contributed by atoms with van der Waals surface area (Å²) in [6, 6.07) is 13.4. The lowest BCUT2D eigenvalue weighted by atomic mass is 10.0. The topological polar surface area (TPSA) is 89.5 Å². The minimum absolute atomic E-state index is 0.0468. The van der Waals surface area contributed by atoms with Crippen LogP contribution in [0.5, 0.6) is 0 Å². The largest absolute Gasteiger partial charge is 0.452 e. The van der Waals surface area contributed by atoms with Gasteiger partial charge in [-0.1, -0.05) is 48.9 Å². The first-order valence-corrected chi connectivity index (χ1v) is 10.4. The van der Waals surface area contributed by atoms with Crippen LogP contribution in [-0.2, 0) is 19.4 Å². The molecule has 0 heterocycles. The van der Waals surface area contributed by atoms with Crippen molar-refractivity contribution in [3.63, 3.8) is 0 Å². The van der Waals surface area contributed by atoms with Crippen LogP contribution >= 0.6 is 11.6 Å². The zero-order chi connectivity index (χ0) is 20.0. The molecule has 1 amide bonds. The molecule has 1 atom stereocenters. The fraction of sp³-hybridized carbons (Fsp3) is 0.263. The third-order valence-electron chi connectivity index (χ3n) is 3.89. The van der Waals surface area contributed by atoms with Crippen molar-refractivity contribution in [2.24, 2.45) is 0 Å². The standard InChI is InChI=1S/C19H20ClNO5S/c1-13(14-6-4-3-5-7-14)11-21-18(22)12-26-19(23)16-10-15(27(2,24)25)8-9-17(16)20/h3-10,13H,11-12H2,1-2H3,(H,21,22)/t13-/m1/s1. The molecule has 27 heavy (non-hydrogen) atoms. The predicted molar refractivity (Wildman–Crippen MR) is 103 cm³/mol. The molecule has 2 rings (SSSR count). The van der Waals surface area contributed by atoms with Crippen LogP contribution < -0.4 is 5.32 Å². The highest BCUT2D eigenvalue weighted by molar-refractivity contribution is 7.90. The number of rotatable bonds is 7. The summed E-state index contributed by atoms with van der Waals surface area (Å²) < 4.78 is 28.1. The smallest absolute Gasteiger partial charge is 0.340 e. The summed E-state index contributed by atoms with van der Waals surface area (Å²) in [5.74, 6) is -1.22. The first-order chi connectivity index (χ1) is 12.7. The molecule has 144 valence electrons. The van der Waals surface area contributed by atoms with Gasteiger partial charge in [0.25, 0.3) is 5.91 Å². The Morgan fingerprint density at radius 2 is 1.81 bits per heavy atom. The van der Waals surface area contributed by atoms with Crippen LogP contribution in [-0.4, -0.2) is 39.7 Å². The monoisotopic (exact) mass is 409 g/mol. The lowest BCUT2D eigenvalue weighted by Crippen LogP contribution is -2.31. The molecule has 0 spiro atoms. The summed E-state index contributed by atoms with van der Waals surface area (Å²) in [7, 11) is -3.50. The molecule has 2 aromatic carbocycles. The van der Waals surface area contributed by atoms with Crippen molar-refractivity contribution >= 4 is 33.3 Å². The number of carbonyl (C=O) groups is 2. The van der Waals surface area contributed by atoms with Crippen molar-refractivity contribution in [1.29, 1.82) is 0 Å². The summed E-state index contributed by atoms with van der Waals surface area (Å²) in [5, 5.41) is 2.74. The van der Waals surface area contributed by atoms with Gasteiger partial charge in [-0.25, -0.2) is 13.2 Å². The molecule has 6 nitrogen and oxygen atoms in total. The average molecular weight is 410 g/mol. The number of amides is 1. The lowest BCUT2D eigenvalue weighted by Gasteiger charge is -2.13. The van der Waals surface area contributed by atoms with E-state index in [0.29, 0.717) is 6.54 Å². The number of benzene rings is 2. The molecule has 0 aliphatic rings. The Balaban J connectivity index is 1.91. The van der Waals surface area contributed by atoms with E-state index in [1.165, 1.54) is 12.1 Å². The van der Waals surface area contributed by atoms with E-state index in [1.54, 1.807) is 0 Å². The van der Waals surface area contributed by atoms with E-state index < -0.39 is 28.3 Å². The average Bonchev–Trinajstić information content (AvgIpc) is 2.64. The van der Waals surface area contributed by atoms with Gasteiger partial charge in [-0.2, -0.15) is 0 Å². The van der Waals surface area contributed by atoms with E-state index in [0.717, 1.165) is 17.9 Å². The van der Waals surface area contributed by atoms with Crippen LogP contribution in [0.25, 0.3) is 0 Å². The first-order valence-electron chi connectivity index (χ1n) is 8.17. The second-order valence-corrected chi connectivity index (χ2v) is 8.53. The number of ether oxygens (including phenoxy) is 1. The normalized spacial score (nSPS) is 12.3. The number of hydrogen-bond acceptors (Lipinski definition) is 5. The van der Waals surface area contributed by atoms with Gasteiger partial charge in [-0.3, -0.25) is 4.79 Å². The number of nitrogens with one attached hydrogen (secondary N) is 1. The summed E-state index contributed by atoms with van der Waals surface area (Å²) in [4.78, 5) is 24.0. The van der Waals surface area contributed by atoms with E-state index in [2.05, 4.69) is 5.32 Å². The Morgan fingerprint density at radius 1 is 1.15 bits per heavy atom. The molecule has 0 saturated carbocycles. The molecule has 0 radical (unpaired) electrons. The van der Waals surface area contributed by atoms with Crippen molar-refractivity contribution < 1.29 is 22.7 Å². The Kier molecular flexibility index (Phi) is 6.98. The van der Waals surface area contributed by atoms with E-state index in [4.69, 9.17) is 16.3 Å². The van der Waals surface area contributed by atoms with Gasteiger partial charge in [-0.05, 0) is 29.7 Å². The Morgan fingerprint density at radius 3 is 2.44 bits per heavy atom. The number of esters is 1. The molecule has 0 aromatic heterocycles. The van der Waals surface area contributed by atoms with E-state index >= 15 is 0 Å². The van der Waals surface area contributed by atoms with Gasteiger partial charge in [0, 0.05) is 12.8 Å². The molecule has 0 aliphatic heterocycles. The maximum absolute atomic E-state index is 12.1. The van der Waals surface area contributed by atoms with Gasteiger partial charge < -0.3 is 10.1 Å². The van der Waals surface area contributed by atoms with Crippen molar-refractivity contribution in [2.75, 3.05) is 19.4 Å². The number of halogens is 1. The number of carbonyl (C=O) groups excluding carboxylic acids is 2. The van der Waals surface area contributed by atoms with Crippen LogP contribution in [0.15, 0.2) is 53.4 Å². The highest BCUT2D eigenvalue weighted by atomic mass is 35.5. The summed E-state index contributed by atoms with van der Waals surface area (Å²) in [5.41, 5.74) is 0.976. The quantitative estimate of drug-likeness (QED) is 0.710. The summed E-state index contributed by atoms with van der Waals surface area (Å²) >= 11 is 5.93. The van der Waals surface area contributed by atoms with Gasteiger partial charge in [0.1, 0.15) is 0 Å². The molecule has 0 saturated heterocycles. The van der Waals surface area contributed by atoms with Gasteiger partial charge in [0.15, 0.2) is 16.4 Å². The number of hydrogen-bond donors (Lipinski definition) is 1. The zero-order valence-corrected chi connectivity index (χ0v) is 16.5. The van der Waals surface area contributed by atoms with Gasteiger partial charge in [0.05, 0.1) is 15.5 Å². The molecule has 0 aliphatic carbocycles. The third-order valence-corrected chi connectivity index (χ3v) is 5.33. The maximum Gasteiger partial charge on any atom is 0.340 e. The minimum atomic E-state index is -3.50. The second-order valence-electron chi connectivity index (χ2n) is 6.11. The fourth-order valence-corrected chi connectivity index (χ4v) is 3.16. The van der Waals surface area contributed by atoms with Crippen LogP contribution in [0.4, 0.5) is 0 Å². The maximum atomic E-state index is 12.1. The molecule has 1 N–H and O–H groups in total. The van der Waals surface area contributed by atoms with Crippen LogP contribution in [0.3, 0.4) is 0 Å². The third kappa shape index (κ3) is 6.08. The Labute approximate surface area is 163 Å². The lowest BCUT2D eigenvalue weighted by molar-refractivity contribution is -0.124. The summed E-state index contributed by atoms with van der Waals surface area (Å²) in [6.07, 6.45) is 1.02. The van der Waals surface area contributed by atoms with Crippen LogP contribution in [0.2, 0.25) is 5.02 Å². The Bertz CT molecular complexity index is 928. The molecule has 2 aromatic rings. The van der Waals surface area contributed by atoms with Gasteiger partial charge >= 0.3 is 5.97 Å². The van der Waals surface area contributed by atoms with Gasteiger partial charge in [0.2, 0.25) is 0 Å². The molecular formula is C19H20ClNO5S. The highest BCUT2D eigenvalue weighted by Crippen LogP contribution is 2.21. The second kappa shape index (κ2) is 9.01. The summed E-state index contributed by atoms with van der Waals surface area (Å²) in [6.45, 7) is 1.88. The van der Waals surface area contributed by atoms with Crippen molar-refractivity contribution in [3.8, 4) is 0 Å². The Hall–Kier alpha value is -2.38. The van der Waals surface area contributed by atoms with Crippen LogP contribution in [0, 0.1) is 0 Å². The van der Waals surface area contributed by atoms with E-state index in [9.17, 15) is 18.0 Å². The van der Waals surface area contributed by atoms with E-state index in [1.807, 2.05) is 37.3 Å². The van der Waals surface area contributed by atoms with Crippen molar-refractivity contribution in [3.05, 3.63) is 64.7 Å². The molecular weight excluding hydrogens is 390 g/mol. The van der Waals surface area contributed by atoms with Crippen LogP contribution in [0.1, 0.15) is 28.8 Å². The first kappa shape index (κ1) is 20.9. The SMILES string of the molecule is C[C@H](CNC(=O)COC(=O)c1cc(S(C)(=O)=O)ccc1Cl)c1ccccc1. The van der Waals surface area contributed by atoms with E-state index in [-0.39, 0.29) is 21.4 Å². The van der Waals surface area contributed by atoms with Crippen molar-refractivity contribution in [1.82, 2.24) is 5.32 Å². The minimum Gasteiger partial charge on any atom is -0.452 e. The molecule has 8 heteroatoms. The molecule has 0 bridgehead atoms. The molecule has 0 unspecified atom stereocenters. The zero-order valence-electron chi connectivity index (χ0n) is 14.9.